The van der Waals surface area contributed by atoms with Crippen LogP contribution in [0.25, 0.3) is 0 Å². The van der Waals surface area contributed by atoms with Gasteiger partial charge in [0.1, 0.15) is 0 Å². The molecule has 0 aliphatic rings. The van der Waals surface area contributed by atoms with Crippen LogP contribution in [0.15, 0.2) is 59.8 Å². The minimum atomic E-state index is -4.86. The second-order valence-electron chi connectivity index (χ2n) is 4.74. The number of rotatable bonds is 6. The third kappa shape index (κ3) is 5.59. The summed E-state index contributed by atoms with van der Waals surface area (Å²) in [5.41, 5.74) is 0.666. The molecule has 23 heavy (non-hydrogen) atoms. The van der Waals surface area contributed by atoms with Crippen LogP contribution < -0.4 is 0 Å². The maximum Gasteiger partial charge on any atom is 0.471 e. The molecule has 0 N–H and O–H groups in total. The largest absolute Gasteiger partial charge is 0.471 e. The molecule has 122 valence electrons. The van der Waals surface area contributed by atoms with Crippen molar-refractivity contribution in [2.45, 2.75) is 17.6 Å². The van der Waals surface area contributed by atoms with E-state index in [0.717, 1.165) is 9.80 Å². The minimum absolute atomic E-state index is 0.0141. The SMILES string of the molecule is O=C(N(CCSc1ccncc1)Cc1ccccc1)C(F)(F)F. The van der Waals surface area contributed by atoms with E-state index >= 15 is 0 Å². The Hall–Kier alpha value is -2.02. The van der Waals surface area contributed by atoms with Crippen molar-refractivity contribution in [3.63, 3.8) is 0 Å². The molecule has 0 radical (unpaired) electrons. The quantitative estimate of drug-likeness (QED) is 0.751. The predicted molar refractivity (Wildman–Crippen MR) is 82.9 cm³/mol. The van der Waals surface area contributed by atoms with Crippen molar-refractivity contribution < 1.29 is 18.0 Å². The Morgan fingerprint density at radius 1 is 1.09 bits per heavy atom. The maximum atomic E-state index is 12.7. The van der Waals surface area contributed by atoms with Gasteiger partial charge in [-0.3, -0.25) is 9.78 Å². The van der Waals surface area contributed by atoms with Gasteiger partial charge in [-0.1, -0.05) is 30.3 Å². The van der Waals surface area contributed by atoms with Gasteiger partial charge in [-0.25, -0.2) is 0 Å². The summed E-state index contributed by atoms with van der Waals surface area (Å²) in [5, 5.41) is 0. The first kappa shape index (κ1) is 17.3. The fourth-order valence-corrected chi connectivity index (χ4v) is 2.81. The first-order valence-electron chi connectivity index (χ1n) is 6.89. The Balaban J connectivity index is 2.00. The molecule has 0 unspecified atom stereocenters. The summed E-state index contributed by atoms with van der Waals surface area (Å²) in [4.78, 5) is 17.2. The van der Waals surface area contributed by atoms with Gasteiger partial charge in [0.05, 0.1) is 0 Å². The Kier molecular flexibility index (Phi) is 6.04. The molecule has 3 nitrogen and oxygen atoms in total. The first-order chi connectivity index (χ1) is 11.0. The van der Waals surface area contributed by atoms with E-state index in [1.165, 1.54) is 11.8 Å². The fraction of sp³-hybridized carbons (Fsp3) is 0.250. The molecule has 0 atom stereocenters. The van der Waals surface area contributed by atoms with E-state index in [2.05, 4.69) is 4.98 Å². The summed E-state index contributed by atoms with van der Waals surface area (Å²) in [6.07, 6.45) is -1.63. The summed E-state index contributed by atoms with van der Waals surface area (Å²) in [7, 11) is 0. The van der Waals surface area contributed by atoms with Crippen LogP contribution >= 0.6 is 11.8 Å². The number of carbonyl (C=O) groups excluding carboxylic acids is 1. The van der Waals surface area contributed by atoms with Crippen LogP contribution in [0.4, 0.5) is 13.2 Å². The molecule has 0 aliphatic heterocycles. The number of halogens is 3. The van der Waals surface area contributed by atoms with Gasteiger partial charge in [-0.05, 0) is 17.7 Å². The molecule has 0 fully saturated rings. The third-order valence-corrected chi connectivity index (χ3v) is 4.02. The summed E-state index contributed by atoms with van der Waals surface area (Å²) < 4.78 is 38.2. The highest BCUT2D eigenvalue weighted by molar-refractivity contribution is 7.99. The number of thioether (sulfide) groups is 1. The number of hydrogen-bond donors (Lipinski definition) is 0. The molecule has 2 aromatic rings. The lowest BCUT2D eigenvalue weighted by Crippen LogP contribution is -2.41. The molecule has 0 bridgehead atoms. The molecule has 1 aromatic heterocycles. The zero-order valence-electron chi connectivity index (χ0n) is 12.2. The zero-order valence-corrected chi connectivity index (χ0v) is 13.0. The van der Waals surface area contributed by atoms with Crippen molar-refractivity contribution in [3.05, 3.63) is 60.4 Å². The summed E-state index contributed by atoms with van der Waals surface area (Å²) >= 11 is 1.39. The number of pyridine rings is 1. The van der Waals surface area contributed by atoms with Crippen molar-refractivity contribution in [1.82, 2.24) is 9.88 Å². The Morgan fingerprint density at radius 3 is 2.35 bits per heavy atom. The van der Waals surface area contributed by atoms with Crippen LogP contribution in [0.2, 0.25) is 0 Å². The lowest BCUT2D eigenvalue weighted by molar-refractivity contribution is -0.185. The smallest absolute Gasteiger partial charge is 0.330 e. The zero-order chi connectivity index (χ0) is 16.7. The van der Waals surface area contributed by atoms with Crippen molar-refractivity contribution in [2.24, 2.45) is 0 Å². The molecule has 1 aromatic carbocycles. The highest BCUT2D eigenvalue weighted by Crippen LogP contribution is 2.22. The second-order valence-corrected chi connectivity index (χ2v) is 5.91. The number of alkyl halides is 3. The normalized spacial score (nSPS) is 11.3. The van der Waals surface area contributed by atoms with Crippen LogP contribution in [-0.4, -0.2) is 34.3 Å². The lowest BCUT2D eigenvalue weighted by Gasteiger charge is -2.23. The molecule has 7 heteroatoms. The highest BCUT2D eigenvalue weighted by Gasteiger charge is 2.42. The Labute approximate surface area is 136 Å². The van der Waals surface area contributed by atoms with E-state index in [-0.39, 0.29) is 13.1 Å². The predicted octanol–water partition coefficient (Wildman–Crippen LogP) is 3.76. The highest BCUT2D eigenvalue weighted by atomic mass is 32.2. The van der Waals surface area contributed by atoms with Gasteiger partial charge < -0.3 is 4.90 Å². The summed E-state index contributed by atoms with van der Waals surface area (Å²) in [6, 6.07) is 12.2. The number of carbonyl (C=O) groups is 1. The lowest BCUT2D eigenvalue weighted by atomic mass is 10.2. The summed E-state index contributed by atoms with van der Waals surface area (Å²) in [5.74, 6) is -1.43. The summed E-state index contributed by atoms with van der Waals surface area (Å²) in [6.45, 7) is -0.0453. The van der Waals surface area contributed by atoms with Crippen molar-refractivity contribution in [3.8, 4) is 0 Å². The van der Waals surface area contributed by atoms with Crippen LogP contribution in [-0.2, 0) is 11.3 Å². The second kappa shape index (κ2) is 8.01. The van der Waals surface area contributed by atoms with E-state index in [0.29, 0.717) is 11.3 Å². The molecule has 0 aliphatic carbocycles. The minimum Gasteiger partial charge on any atom is -0.330 e. The monoisotopic (exact) mass is 340 g/mol. The number of benzene rings is 1. The van der Waals surface area contributed by atoms with Gasteiger partial charge in [0.2, 0.25) is 0 Å². The van der Waals surface area contributed by atoms with Gasteiger partial charge in [-0.2, -0.15) is 13.2 Å². The average Bonchev–Trinajstić information content (AvgIpc) is 2.54. The van der Waals surface area contributed by atoms with E-state index in [1.807, 2.05) is 0 Å². The van der Waals surface area contributed by atoms with E-state index in [9.17, 15) is 18.0 Å². The molecule has 0 saturated heterocycles. The van der Waals surface area contributed by atoms with E-state index in [1.54, 1.807) is 54.9 Å². The van der Waals surface area contributed by atoms with Crippen LogP contribution in [0.5, 0.6) is 0 Å². The first-order valence-corrected chi connectivity index (χ1v) is 7.88. The van der Waals surface area contributed by atoms with Crippen LogP contribution in [0.3, 0.4) is 0 Å². The van der Waals surface area contributed by atoms with Crippen molar-refractivity contribution in [1.29, 1.82) is 0 Å². The van der Waals surface area contributed by atoms with Gasteiger partial charge >= 0.3 is 12.1 Å². The number of hydrogen-bond acceptors (Lipinski definition) is 3. The number of amides is 1. The average molecular weight is 340 g/mol. The van der Waals surface area contributed by atoms with E-state index in [4.69, 9.17) is 0 Å². The van der Waals surface area contributed by atoms with Gasteiger partial charge in [0.15, 0.2) is 0 Å². The van der Waals surface area contributed by atoms with Crippen LogP contribution in [0.1, 0.15) is 5.56 Å². The van der Waals surface area contributed by atoms with Gasteiger partial charge in [0.25, 0.3) is 0 Å². The van der Waals surface area contributed by atoms with Crippen molar-refractivity contribution in [2.75, 3.05) is 12.3 Å². The molecular formula is C16H15F3N2OS. The van der Waals surface area contributed by atoms with Crippen molar-refractivity contribution >= 4 is 17.7 Å². The molecule has 0 saturated carbocycles. The molecular weight excluding hydrogens is 325 g/mol. The fourth-order valence-electron chi connectivity index (χ4n) is 1.94. The molecule has 2 rings (SSSR count). The van der Waals surface area contributed by atoms with Gasteiger partial charge in [-0.15, -0.1) is 11.8 Å². The molecule has 1 heterocycles. The van der Waals surface area contributed by atoms with E-state index < -0.39 is 12.1 Å². The van der Waals surface area contributed by atoms with Gasteiger partial charge in [0, 0.05) is 36.1 Å². The topological polar surface area (TPSA) is 33.2 Å². The van der Waals surface area contributed by atoms with Crippen LogP contribution in [0, 0.1) is 0 Å². The maximum absolute atomic E-state index is 12.7. The molecule has 1 amide bonds. The standard InChI is InChI=1S/C16H15F3N2OS/c17-16(18,19)15(22)21(12-13-4-2-1-3-5-13)10-11-23-14-6-8-20-9-7-14/h1-9H,10-12H2. The Morgan fingerprint density at radius 2 is 1.74 bits per heavy atom. The Bertz CT molecular complexity index is 620. The number of aromatic nitrogens is 1. The third-order valence-electron chi connectivity index (χ3n) is 3.03. The number of nitrogens with zero attached hydrogens (tertiary/aromatic N) is 2. The molecule has 0 spiro atoms.